The molecule has 0 fully saturated rings. The molecule has 1 aliphatic rings. The Morgan fingerprint density at radius 3 is 3.30 bits per heavy atom. The molecule has 0 bridgehead atoms. The van der Waals surface area contributed by atoms with Crippen LogP contribution in [-0.4, -0.2) is 19.5 Å². The summed E-state index contributed by atoms with van der Waals surface area (Å²) >= 11 is 3.47. The average Bonchev–Trinajstić information content (AvgIpc) is 3.10. The van der Waals surface area contributed by atoms with Gasteiger partial charge < -0.3 is 14.9 Å². The Balaban J connectivity index is 1.55. The highest BCUT2D eigenvalue weighted by Gasteiger charge is 2.15. The van der Waals surface area contributed by atoms with Gasteiger partial charge in [-0.15, -0.1) is 0 Å². The zero-order valence-electron chi connectivity index (χ0n) is 10.9. The third-order valence-corrected chi connectivity index (χ3v) is 4.18. The van der Waals surface area contributed by atoms with E-state index in [-0.39, 0.29) is 0 Å². The van der Waals surface area contributed by atoms with Crippen molar-refractivity contribution in [2.75, 3.05) is 5.32 Å². The number of H-pyrrole nitrogens is 1. The van der Waals surface area contributed by atoms with Gasteiger partial charge in [-0.05, 0) is 24.6 Å². The molecule has 3 heterocycles. The van der Waals surface area contributed by atoms with Crippen LogP contribution in [0.25, 0.3) is 11.0 Å². The number of nitrogens with one attached hydrogen (secondary N) is 2. The summed E-state index contributed by atoms with van der Waals surface area (Å²) in [6.07, 6.45) is 4.26. The van der Waals surface area contributed by atoms with E-state index in [1.54, 1.807) is 0 Å². The molecule has 5 nitrogen and oxygen atoms in total. The zero-order valence-corrected chi connectivity index (χ0v) is 12.4. The van der Waals surface area contributed by atoms with E-state index in [0.29, 0.717) is 0 Å². The molecule has 0 spiro atoms. The number of benzene rings is 1. The summed E-state index contributed by atoms with van der Waals surface area (Å²) in [4.78, 5) is 12.3. The van der Waals surface area contributed by atoms with E-state index in [1.165, 1.54) is 17.9 Å². The Labute approximate surface area is 124 Å². The summed E-state index contributed by atoms with van der Waals surface area (Å²) in [6, 6.07) is 6.03. The average molecular weight is 332 g/mol. The number of hydrogen-bond acceptors (Lipinski definition) is 3. The maximum Gasteiger partial charge on any atom is 0.201 e. The van der Waals surface area contributed by atoms with Crippen molar-refractivity contribution >= 4 is 32.9 Å². The summed E-state index contributed by atoms with van der Waals surface area (Å²) in [5, 5.41) is 3.34. The van der Waals surface area contributed by atoms with Crippen molar-refractivity contribution in [3.8, 4) is 0 Å². The molecule has 1 aromatic carbocycles. The third-order valence-electron chi connectivity index (χ3n) is 3.68. The topological polar surface area (TPSA) is 58.5 Å². The number of imidazole rings is 2. The molecule has 0 unspecified atom stereocenters. The van der Waals surface area contributed by atoms with Gasteiger partial charge in [-0.1, -0.05) is 15.9 Å². The number of fused-ring (bicyclic) bond motifs is 2. The van der Waals surface area contributed by atoms with Gasteiger partial charge in [-0.2, -0.15) is 0 Å². The number of aromatic nitrogens is 4. The molecule has 0 atom stereocenters. The van der Waals surface area contributed by atoms with Crippen molar-refractivity contribution in [3.05, 3.63) is 40.4 Å². The van der Waals surface area contributed by atoms with Crippen LogP contribution in [0.15, 0.2) is 28.9 Å². The van der Waals surface area contributed by atoms with Gasteiger partial charge in [0.1, 0.15) is 5.82 Å². The van der Waals surface area contributed by atoms with Crippen LogP contribution in [0.5, 0.6) is 0 Å². The van der Waals surface area contributed by atoms with Crippen LogP contribution in [0.2, 0.25) is 0 Å². The van der Waals surface area contributed by atoms with Gasteiger partial charge in [0.15, 0.2) is 0 Å². The highest BCUT2D eigenvalue weighted by molar-refractivity contribution is 9.10. The Morgan fingerprint density at radius 1 is 1.40 bits per heavy atom. The van der Waals surface area contributed by atoms with Crippen LogP contribution >= 0.6 is 15.9 Å². The normalized spacial score (nSPS) is 13.8. The van der Waals surface area contributed by atoms with Crippen molar-refractivity contribution in [3.63, 3.8) is 0 Å². The van der Waals surface area contributed by atoms with Crippen LogP contribution in [0.3, 0.4) is 0 Å². The van der Waals surface area contributed by atoms with E-state index >= 15 is 0 Å². The molecule has 0 saturated carbocycles. The van der Waals surface area contributed by atoms with Crippen molar-refractivity contribution in [2.24, 2.45) is 0 Å². The molecule has 102 valence electrons. The predicted molar refractivity (Wildman–Crippen MR) is 81.7 cm³/mol. The number of rotatable bonds is 3. The second-order valence-electron chi connectivity index (χ2n) is 5.02. The Hall–Kier alpha value is -1.82. The minimum atomic E-state index is 0.744. The highest BCUT2D eigenvalue weighted by atomic mass is 79.9. The van der Waals surface area contributed by atoms with E-state index in [2.05, 4.69) is 40.8 Å². The summed E-state index contributed by atoms with van der Waals surface area (Å²) in [7, 11) is 0. The predicted octanol–water partition coefficient (Wildman–Crippen LogP) is 3.08. The molecule has 2 N–H and O–H groups in total. The smallest absolute Gasteiger partial charge is 0.201 e. The first-order chi connectivity index (χ1) is 9.79. The second kappa shape index (κ2) is 4.63. The number of aromatic amines is 1. The van der Waals surface area contributed by atoms with Crippen molar-refractivity contribution in [1.82, 2.24) is 19.5 Å². The second-order valence-corrected chi connectivity index (χ2v) is 5.94. The lowest BCUT2D eigenvalue weighted by molar-refractivity contribution is 0.712. The minimum Gasteiger partial charge on any atom is -0.350 e. The monoisotopic (exact) mass is 331 g/mol. The maximum atomic E-state index is 4.53. The molecule has 1 aliphatic heterocycles. The molecule has 4 rings (SSSR count). The molecule has 0 amide bonds. The SMILES string of the molecule is Brc1ccc2nc(NCc3cnc4n3CCC4)[nH]c2c1. The Morgan fingerprint density at radius 2 is 2.35 bits per heavy atom. The molecule has 0 radical (unpaired) electrons. The van der Waals surface area contributed by atoms with Crippen LogP contribution in [0.1, 0.15) is 17.9 Å². The van der Waals surface area contributed by atoms with Crippen LogP contribution in [0, 0.1) is 0 Å². The summed E-state index contributed by atoms with van der Waals surface area (Å²) in [5.74, 6) is 2.00. The van der Waals surface area contributed by atoms with Crippen molar-refractivity contribution in [2.45, 2.75) is 25.9 Å². The fourth-order valence-electron chi connectivity index (χ4n) is 2.70. The number of halogens is 1. The lowest BCUT2D eigenvalue weighted by Crippen LogP contribution is -2.06. The van der Waals surface area contributed by atoms with Crippen molar-refractivity contribution < 1.29 is 0 Å². The van der Waals surface area contributed by atoms with E-state index in [0.717, 1.165) is 41.0 Å². The van der Waals surface area contributed by atoms with Gasteiger partial charge >= 0.3 is 0 Å². The lowest BCUT2D eigenvalue weighted by Gasteiger charge is -2.05. The lowest BCUT2D eigenvalue weighted by atomic mass is 10.3. The van der Waals surface area contributed by atoms with E-state index in [4.69, 9.17) is 0 Å². The molecule has 6 heteroatoms. The van der Waals surface area contributed by atoms with E-state index in [9.17, 15) is 0 Å². The van der Waals surface area contributed by atoms with Gasteiger partial charge in [-0.3, -0.25) is 0 Å². The summed E-state index contributed by atoms with van der Waals surface area (Å²) in [6.45, 7) is 1.83. The first-order valence-electron chi connectivity index (χ1n) is 6.72. The quantitative estimate of drug-likeness (QED) is 0.775. The van der Waals surface area contributed by atoms with Gasteiger partial charge in [-0.25, -0.2) is 9.97 Å². The standard InChI is InChI=1S/C14H14BrN5/c15-9-3-4-11-12(6-9)19-14(18-11)17-8-10-7-16-13-2-1-5-20(10)13/h3-4,6-7H,1-2,5,8H2,(H2,17,18,19). The molecular weight excluding hydrogens is 318 g/mol. The Kier molecular flexibility index (Phi) is 2.77. The fraction of sp³-hybridized carbons (Fsp3) is 0.286. The molecule has 0 saturated heterocycles. The third kappa shape index (κ3) is 2.00. The number of aryl methyl sites for hydroxylation is 1. The van der Waals surface area contributed by atoms with Crippen LogP contribution in [0.4, 0.5) is 5.95 Å². The van der Waals surface area contributed by atoms with Crippen LogP contribution < -0.4 is 5.32 Å². The maximum absolute atomic E-state index is 4.53. The van der Waals surface area contributed by atoms with Gasteiger partial charge in [0, 0.05) is 17.4 Å². The van der Waals surface area contributed by atoms with E-state index < -0.39 is 0 Å². The zero-order chi connectivity index (χ0) is 13.5. The van der Waals surface area contributed by atoms with Crippen molar-refractivity contribution in [1.29, 1.82) is 0 Å². The highest BCUT2D eigenvalue weighted by Crippen LogP contribution is 2.20. The molecule has 20 heavy (non-hydrogen) atoms. The summed E-state index contributed by atoms with van der Waals surface area (Å²) < 4.78 is 3.35. The van der Waals surface area contributed by atoms with Gasteiger partial charge in [0.2, 0.25) is 5.95 Å². The molecular formula is C14H14BrN5. The first kappa shape index (κ1) is 12.0. The van der Waals surface area contributed by atoms with E-state index in [1.807, 2.05) is 24.4 Å². The molecule has 2 aromatic heterocycles. The van der Waals surface area contributed by atoms with Gasteiger partial charge in [0.25, 0.3) is 0 Å². The largest absolute Gasteiger partial charge is 0.350 e. The van der Waals surface area contributed by atoms with Gasteiger partial charge in [0.05, 0.1) is 29.5 Å². The molecule has 0 aliphatic carbocycles. The first-order valence-corrected chi connectivity index (χ1v) is 7.51. The number of anilines is 1. The molecule has 3 aromatic rings. The summed E-state index contributed by atoms with van der Waals surface area (Å²) in [5.41, 5.74) is 3.22. The Bertz CT molecular complexity index is 773. The number of nitrogens with zero attached hydrogens (tertiary/aromatic N) is 3. The van der Waals surface area contributed by atoms with Crippen LogP contribution in [-0.2, 0) is 19.5 Å². The number of hydrogen-bond donors (Lipinski definition) is 2. The minimum absolute atomic E-state index is 0.744. The fourth-order valence-corrected chi connectivity index (χ4v) is 3.06.